The van der Waals surface area contributed by atoms with Gasteiger partial charge in [-0.3, -0.25) is 0 Å². The Hall–Kier alpha value is -3.27. The van der Waals surface area contributed by atoms with E-state index >= 15 is 0 Å². The zero-order valence-electron chi connectivity index (χ0n) is 16.1. The molecule has 0 spiro atoms. The van der Waals surface area contributed by atoms with E-state index in [-0.39, 0.29) is 18.1 Å². The number of aromatic nitrogens is 2. The maximum absolute atomic E-state index is 14.9. The lowest BCUT2D eigenvalue weighted by molar-refractivity contribution is 0.0349. The highest BCUT2D eigenvalue weighted by molar-refractivity contribution is 5.90. The second kappa shape index (κ2) is 8.39. The standard InChI is InChI=1S/C19H24FN7O2/c1-19(29)5-7-27(8-6-19)17-23-10-13(11-24-17)14-4-2-3-12(15(14)20)9-25-18(28)26-16(21)22/h2-4,10-11,29H,5-9H2,1H3,(H5,21,22,25,26,28). The van der Waals surface area contributed by atoms with E-state index in [1.807, 2.05) is 11.8 Å². The summed E-state index contributed by atoms with van der Waals surface area (Å²) in [6.07, 6.45) is 4.41. The number of piperidine rings is 1. The van der Waals surface area contributed by atoms with Crippen LogP contribution >= 0.6 is 0 Å². The number of guanidine groups is 1. The number of urea groups is 1. The van der Waals surface area contributed by atoms with Gasteiger partial charge in [0, 0.05) is 48.7 Å². The Kier molecular flexibility index (Phi) is 5.92. The number of aliphatic hydroxyl groups is 1. The fraction of sp³-hybridized carbons (Fsp3) is 0.368. The first-order valence-corrected chi connectivity index (χ1v) is 9.20. The van der Waals surface area contributed by atoms with E-state index in [4.69, 9.17) is 11.5 Å². The minimum atomic E-state index is -0.747. The Morgan fingerprint density at radius 1 is 1.31 bits per heavy atom. The number of nitrogens with zero attached hydrogens (tertiary/aromatic N) is 4. The van der Waals surface area contributed by atoms with Crippen LogP contribution in [0.4, 0.5) is 15.1 Å². The lowest BCUT2D eigenvalue weighted by Crippen LogP contribution is -2.43. The number of nitrogens with two attached hydrogens (primary N) is 2. The molecule has 1 aliphatic rings. The summed E-state index contributed by atoms with van der Waals surface area (Å²) in [4.78, 5) is 25.5. The first kappa shape index (κ1) is 20.5. The van der Waals surface area contributed by atoms with E-state index < -0.39 is 17.4 Å². The number of amides is 2. The molecule has 1 saturated heterocycles. The van der Waals surface area contributed by atoms with Crippen LogP contribution in [-0.4, -0.2) is 45.8 Å². The van der Waals surface area contributed by atoms with Crippen molar-refractivity contribution in [1.82, 2.24) is 15.3 Å². The Morgan fingerprint density at radius 3 is 2.59 bits per heavy atom. The number of rotatable bonds is 4. The van der Waals surface area contributed by atoms with Gasteiger partial charge in [-0.05, 0) is 19.8 Å². The molecule has 0 saturated carbocycles. The molecule has 1 aliphatic heterocycles. The molecule has 0 bridgehead atoms. The van der Waals surface area contributed by atoms with E-state index in [2.05, 4.69) is 20.3 Å². The van der Waals surface area contributed by atoms with Gasteiger partial charge in [-0.25, -0.2) is 19.2 Å². The number of benzene rings is 1. The van der Waals surface area contributed by atoms with E-state index in [1.165, 1.54) is 0 Å². The third-order valence-corrected chi connectivity index (χ3v) is 4.81. The highest BCUT2D eigenvalue weighted by Gasteiger charge is 2.28. The SMILES string of the molecule is CC1(O)CCN(c2ncc(-c3cccc(CNC(=O)N=C(N)N)c3F)cn2)CC1. The average molecular weight is 401 g/mol. The lowest BCUT2D eigenvalue weighted by atomic mass is 9.94. The summed E-state index contributed by atoms with van der Waals surface area (Å²) in [7, 11) is 0. The highest BCUT2D eigenvalue weighted by atomic mass is 19.1. The van der Waals surface area contributed by atoms with E-state index in [0.717, 1.165) is 0 Å². The van der Waals surface area contributed by atoms with Crippen LogP contribution in [0.3, 0.4) is 0 Å². The van der Waals surface area contributed by atoms with Gasteiger partial charge < -0.3 is 26.8 Å². The monoisotopic (exact) mass is 401 g/mol. The lowest BCUT2D eigenvalue weighted by Gasteiger charge is -2.35. The van der Waals surface area contributed by atoms with E-state index in [9.17, 15) is 14.3 Å². The van der Waals surface area contributed by atoms with Crippen molar-refractivity contribution in [3.8, 4) is 11.1 Å². The van der Waals surface area contributed by atoms with Crippen molar-refractivity contribution in [3.05, 3.63) is 42.0 Å². The largest absolute Gasteiger partial charge is 0.390 e. The van der Waals surface area contributed by atoms with Gasteiger partial charge in [0.15, 0.2) is 5.96 Å². The fourth-order valence-corrected chi connectivity index (χ4v) is 3.08. The highest BCUT2D eigenvalue weighted by Crippen LogP contribution is 2.27. The maximum Gasteiger partial charge on any atom is 0.344 e. The molecule has 1 aromatic heterocycles. The molecule has 29 heavy (non-hydrogen) atoms. The third kappa shape index (κ3) is 5.17. The Bertz CT molecular complexity index is 901. The van der Waals surface area contributed by atoms with Crippen molar-refractivity contribution in [2.75, 3.05) is 18.0 Å². The minimum Gasteiger partial charge on any atom is -0.390 e. The Labute approximate surface area is 167 Å². The number of nitrogens with one attached hydrogen (secondary N) is 1. The van der Waals surface area contributed by atoms with Crippen LogP contribution in [0.15, 0.2) is 35.6 Å². The number of carbonyl (C=O) groups is 1. The zero-order valence-corrected chi connectivity index (χ0v) is 16.1. The number of hydrogen-bond donors (Lipinski definition) is 4. The van der Waals surface area contributed by atoms with Gasteiger partial charge in [0.05, 0.1) is 5.60 Å². The van der Waals surface area contributed by atoms with Crippen LogP contribution in [0.5, 0.6) is 0 Å². The van der Waals surface area contributed by atoms with Gasteiger partial charge in [0.2, 0.25) is 5.95 Å². The molecule has 1 fully saturated rings. The van der Waals surface area contributed by atoms with Crippen LogP contribution in [0, 0.1) is 5.82 Å². The summed E-state index contributed by atoms with van der Waals surface area (Å²) < 4.78 is 14.9. The Morgan fingerprint density at radius 2 is 1.97 bits per heavy atom. The van der Waals surface area contributed by atoms with Gasteiger partial charge in [-0.15, -0.1) is 0 Å². The number of hydrogen-bond acceptors (Lipinski definition) is 5. The average Bonchev–Trinajstić information content (AvgIpc) is 2.67. The maximum atomic E-state index is 14.9. The first-order valence-electron chi connectivity index (χ1n) is 9.20. The summed E-state index contributed by atoms with van der Waals surface area (Å²) in [6, 6.07) is 4.11. The van der Waals surface area contributed by atoms with Crippen molar-refractivity contribution in [1.29, 1.82) is 0 Å². The topological polar surface area (TPSA) is 143 Å². The summed E-state index contributed by atoms with van der Waals surface area (Å²) in [6.45, 7) is 3.07. The second-order valence-corrected chi connectivity index (χ2v) is 7.23. The van der Waals surface area contributed by atoms with Crippen LogP contribution in [0.1, 0.15) is 25.3 Å². The summed E-state index contributed by atoms with van der Waals surface area (Å²) in [5, 5.41) is 12.5. The second-order valence-electron chi connectivity index (χ2n) is 7.23. The molecule has 6 N–H and O–H groups in total. The van der Waals surface area contributed by atoms with Gasteiger partial charge in [-0.2, -0.15) is 4.99 Å². The summed E-state index contributed by atoms with van der Waals surface area (Å²) in [5.41, 5.74) is 10.7. The molecule has 0 aliphatic carbocycles. The molecule has 9 nitrogen and oxygen atoms in total. The zero-order chi connectivity index (χ0) is 21.0. The van der Waals surface area contributed by atoms with Crippen LogP contribution in [-0.2, 0) is 6.54 Å². The molecular formula is C19H24FN7O2. The smallest absolute Gasteiger partial charge is 0.344 e. The van der Waals surface area contributed by atoms with E-state index in [0.29, 0.717) is 43.0 Å². The Balaban J connectivity index is 1.72. The van der Waals surface area contributed by atoms with Crippen molar-refractivity contribution >= 4 is 17.9 Å². The molecule has 10 heteroatoms. The summed E-state index contributed by atoms with van der Waals surface area (Å²) in [5.74, 6) is -0.306. The molecule has 2 amide bonds. The number of carbonyl (C=O) groups excluding carboxylic acids is 1. The predicted octanol–water partition coefficient (Wildman–Crippen LogP) is 1.12. The normalized spacial score (nSPS) is 15.6. The number of aliphatic imine (C=N–C) groups is 1. The van der Waals surface area contributed by atoms with Gasteiger partial charge in [-0.1, -0.05) is 18.2 Å². The minimum absolute atomic E-state index is 0.0675. The van der Waals surface area contributed by atoms with Gasteiger partial charge >= 0.3 is 6.03 Å². The number of halogens is 1. The van der Waals surface area contributed by atoms with Crippen LogP contribution in [0.25, 0.3) is 11.1 Å². The molecule has 0 unspecified atom stereocenters. The fourth-order valence-electron chi connectivity index (χ4n) is 3.08. The van der Waals surface area contributed by atoms with E-state index in [1.54, 1.807) is 30.6 Å². The first-order chi connectivity index (χ1) is 13.7. The molecule has 3 rings (SSSR count). The molecule has 0 atom stereocenters. The molecule has 2 heterocycles. The van der Waals surface area contributed by atoms with Crippen molar-refractivity contribution in [3.63, 3.8) is 0 Å². The third-order valence-electron chi connectivity index (χ3n) is 4.81. The molecule has 0 radical (unpaired) electrons. The van der Waals surface area contributed by atoms with Gasteiger partial charge in [0.25, 0.3) is 0 Å². The van der Waals surface area contributed by atoms with Crippen molar-refractivity contribution < 1.29 is 14.3 Å². The molecular weight excluding hydrogens is 377 g/mol. The quantitative estimate of drug-likeness (QED) is 0.444. The predicted molar refractivity (Wildman–Crippen MR) is 108 cm³/mol. The summed E-state index contributed by atoms with van der Waals surface area (Å²) >= 11 is 0. The van der Waals surface area contributed by atoms with Crippen LogP contribution < -0.4 is 21.7 Å². The van der Waals surface area contributed by atoms with Gasteiger partial charge in [0.1, 0.15) is 5.82 Å². The molecule has 2 aromatic rings. The van der Waals surface area contributed by atoms with Crippen molar-refractivity contribution in [2.45, 2.75) is 31.9 Å². The molecule has 154 valence electrons. The number of anilines is 1. The van der Waals surface area contributed by atoms with Crippen molar-refractivity contribution in [2.24, 2.45) is 16.5 Å². The molecule has 1 aromatic carbocycles. The van der Waals surface area contributed by atoms with Crippen LogP contribution in [0.2, 0.25) is 0 Å².